The lowest BCUT2D eigenvalue weighted by Crippen LogP contribution is -2.24. The van der Waals surface area contributed by atoms with Crippen molar-refractivity contribution in [1.29, 1.82) is 0 Å². The van der Waals surface area contributed by atoms with Crippen molar-refractivity contribution in [2.24, 2.45) is 0 Å². The van der Waals surface area contributed by atoms with Crippen LogP contribution in [-0.2, 0) is 6.54 Å². The summed E-state index contributed by atoms with van der Waals surface area (Å²) in [4.78, 5) is 11.9. The third-order valence-corrected chi connectivity index (χ3v) is 4.90. The molecular weight excluding hydrogens is 407 g/mol. The van der Waals surface area contributed by atoms with Crippen molar-refractivity contribution in [3.05, 3.63) is 59.3 Å². The lowest BCUT2D eigenvalue weighted by molar-refractivity contribution is 0.633. The molecule has 1 aromatic carbocycles. The van der Waals surface area contributed by atoms with Crippen molar-refractivity contribution in [3.63, 3.8) is 0 Å². The van der Waals surface area contributed by atoms with E-state index in [1.54, 1.807) is 24.4 Å². The highest BCUT2D eigenvalue weighted by molar-refractivity contribution is 9.13. The van der Waals surface area contributed by atoms with E-state index in [9.17, 15) is 4.79 Å². The highest BCUT2D eigenvalue weighted by Crippen LogP contribution is 2.23. The van der Waals surface area contributed by atoms with Gasteiger partial charge in [0.2, 0.25) is 0 Å². The summed E-state index contributed by atoms with van der Waals surface area (Å²) >= 11 is 18.2. The van der Waals surface area contributed by atoms with E-state index in [4.69, 9.17) is 23.2 Å². The van der Waals surface area contributed by atoms with Gasteiger partial charge in [0.1, 0.15) is 4.47 Å². The number of nitrogens with zero attached hydrogens (tertiary/aromatic N) is 2. The second-order valence-electron chi connectivity index (χ2n) is 3.52. The molecule has 1 aromatic heterocycles. The molecule has 0 radical (unpaired) electrons. The molecule has 0 bridgehead atoms. The van der Waals surface area contributed by atoms with Gasteiger partial charge in [0.15, 0.2) is 0 Å². The summed E-state index contributed by atoms with van der Waals surface area (Å²) in [5.74, 6) is 0. The Balaban J connectivity index is 2.37. The fourth-order valence-electron chi connectivity index (χ4n) is 1.37. The Bertz CT molecular complexity index is 658. The Labute approximate surface area is 130 Å². The highest BCUT2D eigenvalue weighted by atomic mass is 79.9. The van der Waals surface area contributed by atoms with E-state index in [2.05, 4.69) is 37.0 Å². The zero-order chi connectivity index (χ0) is 13.3. The standard InChI is InChI=1S/C11H6Br2Cl2N2O/c12-7-4-16-17(11(18)10(7)13)5-6-1-2-8(14)9(15)3-6/h1-4H,5H2. The first-order valence-electron chi connectivity index (χ1n) is 4.84. The van der Waals surface area contributed by atoms with Crippen molar-refractivity contribution < 1.29 is 0 Å². The maximum absolute atomic E-state index is 11.9. The van der Waals surface area contributed by atoms with Gasteiger partial charge in [-0.05, 0) is 49.6 Å². The van der Waals surface area contributed by atoms with Crippen LogP contribution in [0.1, 0.15) is 5.56 Å². The van der Waals surface area contributed by atoms with Crippen LogP contribution < -0.4 is 5.56 Å². The molecule has 0 atom stereocenters. The summed E-state index contributed by atoms with van der Waals surface area (Å²) in [7, 11) is 0. The number of hydrogen-bond donors (Lipinski definition) is 0. The van der Waals surface area contributed by atoms with E-state index in [0.717, 1.165) is 5.56 Å². The first-order valence-corrected chi connectivity index (χ1v) is 7.18. The highest BCUT2D eigenvalue weighted by Gasteiger charge is 2.08. The van der Waals surface area contributed by atoms with Gasteiger partial charge in [0.25, 0.3) is 5.56 Å². The number of halogens is 4. The predicted octanol–water partition coefficient (Wildman–Crippen LogP) is 4.12. The maximum Gasteiger partial charge on any atom is 0.282 e. The first-order chi connectivity index (χ1) is 8.49. The van der Waals surface area contributed by atoms with Gasteiger partial charge in [-0.15, -0.1) is 0 Å². The normalized spacial score (nSPS) is 10.7. The zero-order valence-electron chi connectivity index (χ0n) is 8.83. The Kier molecular flexibility index (Phi) is 4.48. The average molecular weight is 413 g/mol. The number of hydrogen-bond acceptors (Lipinski definition) is 2. The van der Waals surface area contributed by atoms with E-state index >= 15 is 0 Å². The topological polar surface area (TPSA) is 34.9 Å². The van der Waals surface area contributed by atoms with Gasteiger partial charge in [-0.1, -0.05) is 29.3 Å². The minimum absolute atomic E-state index is 0.213. The smallest absolute Gasteiger partial charge is 0.266 e. The third-order valence-electron chi connectivity index (χ3n) is 2.26. The molecule has 94 valence electrons. The number of rotatable bonds is 2. The number of aromatic nitrogens is 2. The second-order valence-corrected chi connectivity index (χ2v) is 5.98. The fourth-order valence-corrected chi connectivity index (χ4v) is 2.26. The molecule has 7 heteroatoms. The minimum atomic E-state index is -0.213. The monoisotopic (exact) mass is 410 g/mol. The Morgan fingerprint density at radius 3 is 2.61 bits per heavy atom. The van der Waals surface area contributed by atoms with Crippen LogP contribution in [0.15, 0.2) is 38.1 Å². The van der Waals surface area contributed by atoms with Crippen LogP contribution in [0.4, 0.5) is 0 Å². The van der Waals surface area contributed by atoms with E-state index in [0.29, 0.717) is 25.5 Å². The molecule has 0 unspecified atom stereocenters. The number of benzene rings is 1. The lowest BCUT2D eigenvalue weighted by atomic mass is 10.2. The Morgan fingerprint density at radius 2 is 1.94 bits per heavy atom. The summed E-state index contributed by atoms with van der Waals surface area (Å²) in [5.41, 5.74) is 0.642. The average Bonchev–Trinajstić information content (AvgIpc) is 2.34. The van der Waals surface area contributed by atoms with Gasteiger partial charge < -0.3 is 0 Å². The van der Waals surface area contributed by atoms with Crippen LogP contribution in [0.2, 0.25) is 10.0 Å². The molecule has 2 aromatic rings. The van der Waals surface area contributed by atoms with Crippen LogP contribution >= 0.6 is 55.1 Å². The molecule has 0 aliphatic carbocycles. The van der Waals surface area contributed by atoms with Gasteiger partial charge >= 0.3 is 0 Å². The quantitative estimate of drug-likeness (QED) is 0.743. The van der Waals surface area contributed by atoms with Gasteiger partial charge in [-0.25, -0.2) is 4.68 Å². The van der Waals surface area contributed by atoms with Crippen molar-refractivity contribution >= 4 is 55.1 Å². The van der Waals surface area contributed by atoms with Crippen LogP contribution in [-0.4, -0.2) is 9.78 Å². The summed E-state index contributed by atoms with van der Waals surface area (Å²) in [6.07, 6.45) is 1.56. The molecule has 0 aliphatic rings. The first kappa shape index (κ1) is 14.1. The van der Waals surface area contributed by atoms with Crippen molar-refractivity contribution in [2.75, 3.05) is 0 Å². The molecule has 0 saturated heterocycles. The van der Waals surface area contributed by atoms with Crippen molar-refractivity contribution in [2.45, 2.75) is 6.54 Å². The molecular formula is C11H6Br2Cl2N2O. The van der Waals surface area contributed by atoms with E-state index in [1.165, 1.54) is 4.68 Å². The van der Waals surface area contributed by atoms with E-state index in [-0.39, 0.29) is 5.56 Å². The molecule has 2 rings (SSSR count). The lowest BCUT2D eigenvalue weighted by Gasteiger charge is -2.06. The van der Waals surface area contributed by atoms with Crippen molar-refractivity contribution in [3.8, 4) is 0 Å². The van der Waals surface area contributed by atoms with Gasteiger partial charge in [-0.3, -0.25) is 4.79 Å². The molecule has 0 aliphatic heterocycles. The van der Waals surface area contributed by atoms with Crippen LogP contribution in [0.3, 0.4) is 0 Å². The molecule has 18 heavy (non-hydrogen) atoms. The second kappa shape index (κ2) is 5.74. The van der Waals surface area contributed by atoms with Gasteiger partial charge in [-0.2, -0.15) is 5.10 Å². The van der Waals surface area contributed by atoms with Crippen LogP contribution in [0.25, 0.3) is 0 Å². The molecule has 1 heterocycles. The SMILES string of the molecule is O=c1c(Br)c(Br)cnn1Cc1ccc(Cl)c(Cl)c1. The summed E-state index contributed by atoms with van der Waals surface area (Å²) < 4.78 is 2.41. The molecule has 3 nitrogen and oxygen atoms in total. The van der Waals surface area contributed by atoms with Gasteiger partial charge in [0.05, 0.1) is 27.3 Å². The van der Waals surface area contributed by atoms with Crippen LogP contribution in [0, 0.1) is 0 Å². The maximum atomic E-state index is 11.9. The van der Waals surface area contributed by atoms with Crippen LogP contribution in [0.5, 0.6) is 0 Å². The molecule has 0 saturated carbocycles. The van der Waals surface area contributed by atoms with Crippen molar-refractivity contribution in [1.82, 2.24) is 9.78 Å². The molecule has 0 amide bonds. The minimum Gasteiger partial charge on any atom is -0.266 e. The Morgan fingerprint density at radius 1 is 1.22 bits per heavy atom. The van der Waals surface area contributed by atoms with E-state index < -0.39 is 0 Å². The summed E-state index contributed by atoms with van der Waals surface area (Å²) in [6.45, 7) is 0.335. The van der Waals surface area contributed by atoms with E-state index in [1.807, 2.05) is 0 Å². The molecule has 0 N–H and O–H groups in total. The predicted molar refractivity (Wildman–Crippen MR) is 79.5 cm³/mol. The summed E-state index contributed by atoms with van der Waals surface area (Å²) in [5, 5.41) is 4.98. The van der Waals surface area contributed by atoms with Gasteiger partial charge in [0, 0.05) is 0 Å². The third kappa shape index (κ3) is 2.96. The zero-order valence-corrected chi connectivity index (χ0v) is 13.5. The largest absolute Gasteiger partial charge is 0.282 e. The fraction of sp³-hybridized carbons (Fsp3) is 0.0909. The molecule has 0 fully saturated rings. The Hall–Kier alpha value is -0.360. The molecule has 0 spiro atoms. The summed E-state index contributed by atoms with van der Waals surface area (Å²) in [6, 6.07) is 5.21.